The van der Waals surface area contributed by atoms with Gasteiger partial charge >= 0.3 is 0 Å². The summed E-state index contributed by atoms with van der Waals surface area (Å²) in [5, 5.41) is 5.84. The molecule has 2 aromatic heterocycles. The van der Waals surface area contributed by atoms with Crippen LogP contribution in [0.1, 0.15) is 16.7 Å². The Morgan fingerprint density at radius 3 is 2.74 bits per heavy atom. The van der Waals surface area contributed by atoms with Crippen LogP contribution < -0.4 is 5.32 Å². The molecule has 3 heteroatoms. The molecular weight excluding hydrogens is 252 g/mol. The molecule has 0 saturated carbocycles. The second-order valence-corrected chi connectivity index (χ2v) is 5.71. The molecule has 0 saturated heterocycles. The summed E-state index contributed by atoms with van der Waals surface area (Å²) in [5.74, 6) is 0.963. The minimum absolute atomic E-state index is 0.839. The van der Waals surface area contributed by atoms with Crippen LogP contribution in [0.15, 0.2) is 48.7 Å². The highest BCUT2D eigenvalue weighted by atomic mass is 32.1. The topological polar surface area (TPSA) is 24.9 Å². The smallest absolute Gasteiger partial charge is 0.134 e. The molecule has 2 heterocycles. The summed E-state index contributed by atoms with van der Waals surface area (Å²) in [5.41, 5.74) is 0. The van der Waals surface area contributed by atoms with Gasteiger partial charge in [0, 0.05) is 21.3 Å². The monoisotopic (exact) mass is 268 g/mol. The van der Waals surface area contributed by atoms with Gasteiger partial charge in [-0.2, -0.15) is 0 Å². The molecule has 96 valence electrons. The summed E-state index contributed by atoms with van der Waals surface area (Å²) in [6.45, 7) is 3.03. The van der Waals surface area contributed by atoms with Crippen LogP contribution in [0.25, 0.3) is 10.8 Å². The lowest BCUT2D eigenvalue weighted by molar-refractivity contribution is 1.15. The predicted octanol–water partition coefficient (Wildman–Crippen LogP) is 4.47. The van der Waals surface area contributed by atoms with Crippen molar-refractivity contribution in [1.82, 2.24) is 4.98 Å². The number of hydrogen-bond acceptors (Lipinski definition) is 3. The van der Waals surface area contributed by atoms with E-state index in [2.05, 4.69) is 53.6 Å². The fourth-order valence-corrected chi connectivity index (χ4v) is 3.04. The Balaban J connectivity index is 1.81. The van der Waals surface area contributed by atoms with Gasteiger partial charge in [-0.1, -0.05) is 31.2 Å². The molecule has 0 aliphatic rings. The van der Waals surface area contributed by atoms with Gasteiger partial charge in [0.2, 0.25) is 0 Å². The van der Waals surface area contributed by atoms with Gasteiger partial charge in [0.25, 0.3) is 0 Å². The van der Waals surface area contributed by atoms with E-state index < -0.39 is 0 Å². The lowest BCUT2D eigenvalue weighted by Gasteiger charge is -2.07. The maximum atomic E-state index is 4.44. The van der Waals surface area contributed by atoms with E-state index in [-0.39, 0.29) is 0 Å². The summed E-state index contributed by atoms with van der Waals surface area (Å²) in [4.78, 5) is 7.23. The van der Waals surface area contributed by atoms with Crippen LogP contribution in [-0.2, 0) is 13.0 Å². The fourth-order valence-electron chi connectivity index (χ4n) is 2.14. The lowest BCUT2D eigenvalue weighted by Crippen LogP contribution is -2.00. The van der Waals surface area contributed by atoms with Gasteiger partial charge in [0.15, 0.2) is 0 Å². The molecule has 0 fully saturated rings. The Labute approximate surface area is 117 Å². The average molecular weight is 268 g/mol. The van der Waals surface area contributed by atoms with Gasteiger partial charge in [-0.25, -0.2) is 4.98 Å². The Kier molecular flexibility index (Phi) is 3.47. The number of hydrogen-bond donors (Lipinski definition) is 1. The lowest BCUT2D eigenvalue weighted by atomic mass is 10.1. The highest BCUT2D eigenvalue weighted by Crippen LogP contribution is 2.22. The maximum absolute atomic E-state index is 4.44. The standard InChI is InChI=1S/C16H16N2S/c1-2-13-7-8-14(19-13)11-18-16-15-6-4-3-5-12(15)9-10-17-16/h3-10H,2,11H2,1H3,(H,17,18). The first-order valence-electron chi connectivity index (χ1n) is 6.52. The maximum Gasteiger partial charge on any atom is 0.134 e. The van der Waals surface area contributed by atoms with Crippen molar-refractivity contribution in [1.29, 1.82) is 0 Å². The Hall–Kier alpha value is -1.87. The second-order valence-electron chi connectivity index (χ2n) is 4.46. The Morgan fingerprint density at radius 2 is 1.89 bits per heavy atom. The van der Waals surface area contributed by atoms with Gasteiger partial charge in [-0.05, 0) is 30.0 Å². The van der Waals surface area contributed by atoms with E-state index in [9.17, 15) is 0 Å². The van der Waals surface area contributed by atoms with E-state index in [0.717, 1.165) is 18.8 Å². The van der Waals surface area contributed by atoms with E-state index >= 15 is 0 Å². The zero-order valence-corrected chi connectivity index (χ0v) is 11.7. The molecule has 3 aromatic rings. The number of nitrogens with zero attached hydrogens (tertiary/aromatic N) is 1. The van der Waals surface area contributed by atoms with Crippen LogP contribution in [0.3, 0.4) is 0 Å². The number of thiophene rings is 1. The van der Waals surface area contributed by atoms with Gasteiger partial charge in [-0.15, -0.1) is 11.3 Å². The number of aryl methyl sites for hydroxylation is 1. The van der Waals surface area contributed by atoms with Crippen molar-refractivity contribution in [2.45, 2.75) is 19.9 Å². The third-order valence-corrected chi connectivity index (χ3v) is 4.40. The van der Waals surface area contributed by atoms with Crippen molar-refractivity contribution >= 4 is 27.9 Å². The SMILES string of the molecule is CCc1ccc(CNc2nccc3ccccc23)s1. The summed E-state index contributed by atoms with van der Waals surface area (Å²) in [6.07, 6.45) is 2.97. The molecule has 0 atom stereocenters. The number of benzene rings is 1. The molecule has 0 spiro atoms. The Bertz CT molecular complexity index is 683. The van der Waals surface area contributed by atoms with Gasteiger partial charge in [0.1, 0.15) is 5.82 Å². The number of pyridine rings is 1. The van der Waals surface area contributed by atoms with Crippen LogP contribution >= 0.6 is 11.3 Å². The second kappa shape index (κ2) is 5.41. The molecule has 0 radical (unpaired) electrons. The molecule has 0 unspecified atom stereocenters. The third kappa shape index (κ3) is 2.61. The largest absolute Gasteiger partial charge is 0.365 e. The fraction of sp³-hybridized carbons (Fsp3) is 0.188. The molecule has 0 aliphatic carbocycles. The van der Waals surface area contributed by atoms with Crippen molar-refractivity contribution in [2.24, 2.45) is 0 Å². The highest BCUT2D eigenvalue weighted by molar-refractivity contribution is 7.12. The first kappa shape index (κ1) is 12.2. The molecule has 0 aliphatic heterocycles. The van der Waals surface area contributed by atoms with Crippen LogP contribution in [0, 0.1) is 0 Å². The first-order chi connectivity index (χ1) is 9.36. The van der Waals surface area contributed by atoms with E-state index in [1.165, 1.54) is 20.5 Å². The number of aromatic nitrogens is 1. The Morgan fingerprint density at radius 1 is 1.05 bits per heavy atom. The van der Waals surface area contributed by atoms with Crippen molar-refractivity contribution in [2.75, 3.05) is 5.32 Å². The minimum Gasteiger partial charge on any atom is -0.365 e. The normalized spacial score (nSPS) is 10.8. The van der Waals surface area contributed by atoms with Crippen LogP contribution in [0.2, 0.25) is 0 Å². The van der Waals surface area contributed by atoms with Crippen LogP contribution in [0.4, 0.5) is 5.82 Å². The number of anilines is 1. The van der Waals surface area contributed by atoms with E-state index in [1.807, 2.05) is 23.6 Å². The van der Waals surface area contributed by atoms with Crippen molar-refractivity contribution in [3.8, 4) is 0 Å². The van der Waals surface area contributed by atoms with Gasteiger partial charge < -0.3 is 5.32 Å². The third-order valence-electron chi connectivity index (χ3n) is 3.17. The average Bonchev–Trinajstić information content (AvgIpc) is 2.93. The predicted molar refractivity (Wildman–Crippen MR) is 82.8 cm³/mol. The highest BCUT2D eigenvalue weighted by Gasteiger charge is 2.03. The zero-order valence-electron chi connectivity index (χ0n) is 10.9. The zero-order chi connectivity index (χ0) is 13.1. The van der Waals surface area contributed by atoms with Crippen LogP contribution in [0.5, 0.6) is 0 Å². The van der Waals surface area contributed by atoms with E-state index in [0.29, 0.717) is 0 Å². The molecule has 1 aromatic carbocycles. The summed E-state index contributed by atoms with van der Waals surface area (Å²) >= 11 is 1.87. The van der Waals surface area contributed by atoms with Crippen molar-refractivity contribution < 1.29 is 0 Å². The summed E-state index contributed by atoms with van der Waals surface area (Å²) in [6, 6.07) is 14.8. The number of fused-ring (bicyclic) bond motifs is 1. The number of nitrogens with one attached hydrogen (secondary N) is 1. The van der Waals surface area contributed by atoms with Crippen molar-refractivity contribution in [3.63, 3.8) is 0 Å². The van der Waals surface area contributed by atoms with Gasteiger partial charge in [0.05, 0.1) is 6.54 Å². The molecule has 0 bridgehead atoms. The molecule has 0 amide bonds. The van der Waals surface area contributed by atoms with Crippen LogP contribution in [-0.4, -0.2) is 4.98 Å². The molecule has 2 nitrogen and oxygen atoms in total. The van der Waals surface area contributed by atoms with Gasteiger partial charge in [-0.3, -0.25) is 0 Å². The molecule has 19 heavy (non-hydrogen) atoms. The van der Waals surface area contributed by atoms with Crippen molar-refractivity contribution in [3.05, 3.63) is 58.4 Å². The molecule has 3 rings (SSSR count). The molecular formula is C16H16N2S. The summed E-state index contributed by atoms with van der Waals surface area (Å²) in [7, 11) is 0. The van der Waals surface area contributed by atoms with E-state index in [1.54, 1.807) is 0 Å². The summed E-state index contributed by atoms with van der Waals surface area (Å²) < 4.78 is 0. The first-order valence-corrected chi connectivity index (χ1v) is 7.33. The number of rotatable bonds is 4. The quantitative estimate of drug-likeness (QED) is 0.755. The molecule has 1 N–H and O–H groups in total. The minimum atomic E-state index is 0.839. The van der Waals surface area contributed by atoms with E-state index in [4.69, 9.17) is 0 Å².